The van der Waals surface area contributed by atoms with E-state index in [1.807, 2.05) is 49.4 Å². The Kier molecular flexibility index (Phi) is 6.58. The highest BCUT2D eigenvalue weighted by Crippen LogP contribution is 2.17. The predicted molar refractivity (Wildman–Crippen MR) is 101 cm³/mol. The molecule has 25 heavy (non-hydrogen) atoms. The van der Waals surface area contributed by atoms with E-state index in [-0.39, 0.29) is 19.0 Å². The molecular formula is C19H24N2O3S. The molecule has 0 heterocycles. The predicted octanol–water partition coefficient (Wildman–Crippen LogP) is 2.51. The van der Waals surface area contributed by atoms with Crippen molar-refractivity contribution in [2.24, 2.45) is 0 Å². The number of benzene rings is 2. The summed E-state index contributed by atoms with van der Waals surface area (Å²) >= 11 is 0. The number of rotatable bonds is 8. The Morgan fingerprint density at radius 3 is 2.28 bits per heavy atom. The molecule has 0 atom stereocenters. The van der Waals surface area contributed by atoms with Gasteiger partial charge in [0, 0.05) is 13.0 Å². The highest BCUT2D eigenvalue weighted by atomic mass is 32.2. The van der Waals surface area contributed by atoms with Gasteiger partial charge in [-0.3, -0.25) is 9.10 Å². The first-order valence-electron chi connectivity index (χ1n) is 8.21. The summed E-state index contributed by atoms with van der Waals surface area (Å²) in [5, 5.41) is 2.79. The van der Waals surface area contributed by atoms with Crippen LogP contribution in [0.15, 0.2) is 54.6 Å². The van der Waals surface area contributed by atoms with Crippen molar-refractivity contribution in [2.45, 2.75) is 19.8 Å². The number of aryl methyl sites for hydroxylation is 2. The van der Waals surface area contributed by atoms with Crippen molar-refractivity contribution >= 4 is 21.6 Å². The molecule has 0 saturated heterocycles. The molecule has 0 aliphatic rings. The van der Waals surface area contributed by atoms with Crippen molar-refractivity contribution in [1.29, 1.82) is 0 Å². The zero-order valence-electron chi connectivity index (χ0n) is 14.6. The van der Waals surface area contributed by atoms with Gasteiger partial charge in [0.1, 0.15) is 0 Å². The summed E-state index contributed by atoms with van der Waals surface area (Å²) in [5.41, 5.74) is 2.77. The standard InChI is InChI=1S/C19H24N2O3S/c1-16-8-11-18(12-9-16)21(25(2,23)24)15-14-20-19(22)13-10-17-6-4-3-5-7-17/h3-9,11-12H,10,13-15H2,1-2H3,(H,20,22). The van der Waals surface area contributed by atoms with Gasteiger partial charge in [-0.05, 0) is 31.0 Å². The lowest BCUT2D eigenvalue weighted by molar-refractivity contribution is -0.120. The van der Waals surface area contributed by atoms with Gasteiger partial charge in [0.15, 0.2) is 0 Å². The van der Waals surface area contributed by atoms with E-state index in [4.69, 9.17) is 0 Å². The molecule has 0 bridgehead atoms. The van der Waals surface area contributed by atoms with E-state index < -0.39 is 10.0 Å². The van der Waals surface area contributed by atoms with Crippen LogP contribution >= 0.6 is 0 Å². The normalized spacial score (nSPS) is 11.1. The maximum Gasteiger partial charge on any atom is 0.232 e. The van der Waals surface area contributed by atoms with E-state index in [0.717, 1.165) is 11.1 Å². The van der Waals surface area contributed by atoms with Crippen LogP contribution in [0.25, 0.3) is 0 Å². The van der Waals surface area contributed by atoms with Crippen LogP contribution in [0.4, 0.5) is 5.69 Å². The monoisotopic (exact) mass is 360 g/mol. The van der Waals surface area contributed by atoms with E-state index in [2.05, 4.69) is 5.32 Å². The molecule has 5 nitrogen and oxygen atoms in total. The minimum atomic E-state index is -3.40. The van der Waals surface area contributed by atoms with Crippen LogP contribution in [0.5, 0.6) is 0 Å². The van der Waals surface area contributed by atoms with Crippen LogP contribution in [0.1, 0.15) is 17.5 Å². The maximum atomic E-state index is 12.0. The van der Waals surface area contributed by atoms with E-state index in [0.29, 0.717) is 18.5 Å². The Morgan fingerprint density at radius 2 is 1.68 bits per heavy atom. The van der Waals surface area contributed by atoms with Crippen molar-refractivity contribution in [1.82, 2.24) is 5.32 Å². The number of nitrogens with zero attached hydrogens (tertiary/aromatic N) is 1. The highest BCUT2D eigenvalue weighted by Gasteiger charge is 2.17. The van der Waals surface area contributed by atoms with Gasteiger partial charge in [-0.25, -0.2) is 8.42 Å². The van der Waals surface area contributed by atoms with Gasteiger partial charge in [0.2, 0.25) is 15.9 Å². The fraction of sp³-hybridized carbons (Fsp3) is 0.316. The number of carbonyl (C=O) groups excluding carboxylic acids is 1. The maximum absolute atomic E-state index is 12.0. The van der Waals surface area contributed by atoms with Crippen LogP contribution in [0, 0.1) is 6.92 Å². The molecule has 2 aromatic rings. The average molecular weight is 360 g/mol. The number of carbonyl (C=O) groups is 1. The molecule has 0 aliphatic carbocycles. The third-order valence-electron chi connectivity index (χ3n) is 3.84. The summed E-state index contributed by atoms with van der Waals surface area (Å²) in [6.07, 6.45) is 2.22. The number of amides is 1. The number of anilines is 1. The van der Waals surface area contributed by atoms with Crippen molar-refractivity contribution in [3.05, 3.63) is 65.7 Å². The minimum absolute atomic E-state index is 0.0822. The minimum Gasteiger partial charge on any atom is -0.354 e. The largest absolute Gasteiger partial charge is 0.354 e. The van der Waals surface area contributed by atoms with Crippen molar-refractivity contribution in [2.75, 3.05) is 23.7 Å². The molecule has 2 rings (SSSR count). The van der Waals surface area contributed by atoms with Gasteiger partial charge in [-0.15, -0.1) is 0 Å². The second kappa shape index (κ2) is 8.67. The summed E-state index contributed by atoms with van der Waals surface area (Å²) in [6.45, 7) is 2.43. The first-order valence-corrected chi connectivity index (χ1v) is 10.1. The Hall–Kier alpha value is -2.34. The lowest BCUT2D eigenvalue weighted by Gasteiger charge is -2.22. The summed E-state index contributed by atoms with van der Waals surface area (Å²) < 4.78 is 25.3. The summed E-state index contributed by atoms with van der Waals surface area (Å²) in [6, 6.07) is 17.1. The quantitative estimate of drug-likeness (QED) is 0.787. The molecule has 2 aromatic carbocycles. The van der Waals surface area contributed by atoms with Gasteiger partial charge in [-0.2, -0.15) is 0 Å². The van der Waals surface area contributed by atoms with Gasteiger partial charge < -0.3 is 5.32 Å². The van der Waals surface area contributed by atoms with Crippen LogP contribution in [-0.4, -0.2) is 33.7 Å². The number of nitrogens with one attached hydrogen (secondary N) is 1. The van der Waals surface area contributed by atoms with E-state index in [9.17, 15) is 13.2 Å². The molecule has 0 saturated carbocycles. The first kappa shape index (κ1) is 19.0. The van der Waals surface area contributed by atoms with Crippen molar-refractivity contribution < 1.29 is 13.2 Å². The van der Waals surface area contributed by atoms with Crippen molar-refractivity contribution in [3.63, 3.8) is 0 Å². The second-order valence-corrected chi connectivity index (χ2v) is 7.91. The zero-order valence-corrected chi connectivity index (χ0v) is 15.4. The molecule has 1 N–H and O–H groups in total. The Labute approximate surface area is 149 Å². The fourth-order valence-electron chi connectivity index (χ4n) is 2.49. The lowest BCUT2D eigenvalue weighted by atomic mass is 10.1. The molecule has 0 radical (unpaired) electrons. The van der Waals surface area contributed by atoms with Gasteiger partial charge in [-0.1, -0.05) is 48.0 Å². The fourth-order valence-corrected chi connectivity index (χ4v) is 3.41. The van der Waals surface area contributed by atoms with Gasteiger partial charge in [0.05, 0.1) is 18.5 Å². The van der Waals surface area contributed by atoms with E-state index in [1.54, 1.807) is 12.1 Å². The molecule has 0 aliphatic heterocycles. The zero-order chi connectivity index (χ0) is 18.3. The Bertz CT molecular complexity index is 787. The Morgan fingerprint density at radius 1 is 1.04 bits per heavy atom. The summed E-state index contributed by atoms with van der Waals surface area (Å²) in [7, 11) is -3.40. The van der Waals surface area contributed by atoms with Crippen LogP contribution < -0.4 is 9.62 Å². The Balaban J connectivity index is 1.86. The van der Waals surface area contributed by atoms with E-state index >= 15 is 0 Å². The molecule has 1 amide bonds. The third kappa shape index (κ3) is 6.23. The molecule has 0 aromatic heterocycles. The molecule has 0 unspecified atom stereocenters. The molecule has 0 spiro atoms. The summed E-state index contributed by atoms with van der Waals surface area (Å²) in [4.78, 5) is 11.9. The van der Waals surface area contributed by atoms with Crippen LogP contribution in [-0.2, 0) is 21.2 Å². The average Bonchev–Trinajstić information content (AvgIpc) is 2.58. The first-order chi connectivity index (χ1) is 11.9. The second-order valence-electron chi connectivity index (χ2n) is 6.01. The molecule has 6 heteroatoms. The van der Waals surface area contributed by atoms with Crippen LogP contribution in [0.3, 0.4) is 0 Å². The molecule has 134 valence electrons. The van der Waals surface area contributed by atoms with Gasteiger partial charge >= 0.3 is 0 Å². The summed E-state index contributed by atoms with van der Waals surface area (Å²) in [5.74, 6) is -0.0822. The number of hydrogen-bond donors (Lipinski definition) is 1. The topological polar surface area (TPSA) is 66.5 Å². The number of hydrogen-bond acceptors (Lipinski definition) is 3. The molecular weight excluding hydrogens is 336 g/mol. The highest BCUT2D eigenvalue weighted by molar-refractivity contribution is 7.92. The lowest BCUT2D eigenvalue weighted by Crippen LogP contribution is -2.38. The van der Waals surface area contributed by atoms with E-state index in [1.165, 1.54) is 10.6 Å². The van der Waals surface area contributed by atoms with Crippen molar-refractivity contribution in [3.8, 4) is 0 Å². The number of sulfonamides is 1. The smallest absolute Gasteiger partial charge is 0.232 e. The van der Waals surface area contributed by atoms with Gasteiger partial charge in [0.25, 0.3) is 0 Å². The SMILES string of the molecule is Cc1ccc(N(CCNC(=O)CCc2ccccc2)S(C)(=O)=O)cc1. The van der Waals surface area contributed by atoms with Crippen LogP contribution in [0.2, 0.25) is 0 Å². The molecule has 0 fully saturated rings. The third-order valence-corrected chi connectivity index (χ3v) is 5.04.